The average Bonchev–Trinajstić information content (AvgIpc) is 2.29. The Bertz CT molecular complexity index is 216. The van der Waals surface area contributed by atoms with Gasteiger partial charge in [-0.2, -0.15) is 0 Å². The van der Waals surface area contributed by atoms with Gasteiger partial charge in [0.2, 0.25) is 5.91 Å². The van der Waals surface area contributed by atoms with Crippen LogP contribution >= 0.6 is 0 Å². The van der Waals surface area contributed by atoms with Crippen LogP contribution < -0.4 is 5.32 Å². The molecule has 2 fully saturated rings. The Morgan fingerprint density at radius 1 is 1.43 bits per heavy atom. The number of β-lactam (4-membered cyclic amide) rings is 1. The molecule has 0 radical (unpaired) electrons. The highest BCUT2D eigenvalue weighted by Gasteiger charge is 2.43. The van der Waals surface area contributed by atoms with Crippen molar-refractivity contribution in [3.63, 3.8) is 0 Å². The number of amides is 1. The third-order valence-corrected chi connectivity index (χ3v) is 3.90. The summed E-state index contributed by atoms with van der Waals surface area (Å²) in [6.45, 7) is 2.27. The van der Waals surface area contributed by atoms with E-state index in [0.29, 0.717) is 0 Å². The zero-order valence-corrected chi connectivity index (χ0v) is 9.14. The lowest BCUT2D eigenvalue weighted by Gasteiger charge is -2.42. The van der Waals surface area contributed by atoms with Crippen LogP contribution in [0.1, 0.15) is 58.3 Å². The minimum atomic E-state index is 0.236. The van der Waals surface area contributed by atoms with Gasteiger partial charge < -0.3 is 5.32 Å². The SMILES string of the molecule is CCCC1CCCC2(CC1)CC(=O)N2. The third kappa shape index (κ3) is 1.94. The van der Waals surface area contributed by atoms with Gasteiger partial charge >= 0.3 is 0 Å². The maximum absolute atomic E-state index is 11.0. The Balaban J connectivity index is 1.85. The van der Waals surface area contributed by atoms with Crippen LogP contribution in [0, 0.1) is 5.92 Å². The molecule has 2 rings (SSSR count). The van der Waals surface area contributed by atoms with Crippen molar-refractivity contribution in [2.24, 2.45) is 5.92 Å². The van der Waals surface area contributed by atoms with Gasteiger partial charge in [-0.15, -0.1) is 0 Å². The normalized spacial score (nSPS) is 37.5. The van der Waals surface area contributed by atoms with E-state index >= 15 is 0 Å². The second-order valence-corrected chi connectivity index (χ2v) is 5.09. The van der Waals surface area contributed by atoms with E-state index in [1.165, 1.54) is 44.9 Å². The second kappa shape index (κ2) is 3.92. The van der Waals surface area contributed by atoms with E-state index in [1.807, 2.05) is 0 Å². The van der Waals surface area contributed by atoms with Crippen LogP contribution in [-0.2, 0) is 4.79 Å². The molecule has 0 aromatic carbocycles. The summed E-state index contributed by atoms with van der Waals surface area (Å²) in [5, 5.41) is 3.12. The molecule has 0 bridgehead atoms. The van der Waals surface area contributed by atoms with E-state index in [0.717, 1.165) is 12.3 Å². The highest BCUT2D eigenvalue weighted by molar-refractivity contribution is 5.84. The van der Waals surface area contributed by atoms with Gasteiger partial charge in [0.25, 0.3) is 0 Å². The molecular formula is C12H21NO. The Labute approximate surface area is 86.5 Å². The minimum Gasteiger partial charge on any atom is -0.350 e. The zero-order valence-electron chi connectivity index (χ0n) is 9.14. The highest BCUT2D eigenvalue weighted by atomic mass is 16.2. The molecule has 2 unspecified atom stereocenters. The summed E-state index contributed by atoms with van der Waals surface area (Å²) >= 11 is 0. The summed E-state index contributed by atoms with van der Waals surface area (Å²) in [6, 6.07) is 0. The number of rotatable bonds is 2. The summed E-state index contributed by atoms with van der Waals surface area (Å²) in [4.78, 5) is 11.0. The van der Waals surface area contributed by atoms with Crippen molar-refractivity contribution >= 4 is 5.91 Å². The van der Waals surface area contributed by atoms with Gasteiger partial charge in [-0.25, -0.2) is 0 Å². The van der Waals surface area contributed by atoms with Crippen molar-refractivity contribution in [1.29, 1.82) is 0 Å². The van der Waals surface area contributed by atoms with Gasteiger partial charge in [0.15, 0.2) is 0 Å². The number of carbonyl (C=O) groups is 1. The first-order valence-corrected chi connectivity index (χ1v) is 6.05. The standard InChI is InChI=1S/C12H21NO/c1-2-4-10-5-3-7-12(8-6-10)9-11(14)13-12/h10H,2-9H2,1H3,(H,13,14). The summed E-state index contributed by atoms with van der Waals surface area (Å²) in [6.07, 6.45) is 9.95. The third-order valence-electron chi connectivity index (χ3n) is 3.90. The van der Waals surface area contributed by atoms with E-state index in [2.05, 4.69) is 12.2 Å². The molecule has 14 heavy (non-hydrogen) atoms. The molecule has 1 amide bonds. The molecule has 2 heteroatoms. The van der Waals surface area contributed by atoms with Crippen molar-refractivity contribution in [3.05, 3.63) is 0 Å². The molecule has 1 N–H and O–H groups in total. The number of nitrogens with one attached hydrogen (secondary N) is 1. The molecule has 2 aliphatic rings. The van der Waals surface area contributed by atoms with Crippen LogP contribution in [0.5, 0.6) is 0 Å². The van der Waals surface area contributed by atoms with E-state index in [4.69, 9.17) is 0 Å². The lowest BCUT2D eigenvalue weighted by Crippen LogP contribution is -2.60. The Morgan fingerprint density at radius 2 is 2.21 bits per heavy atom. The lowest BCUT2D eigenvalue weighted by atomic mass is 9.80. The molecule has 1 heterocycles. The highest BCUT2D eigenvalue weighted by Crippen LogP contribution is 2.38. The van der Waals surface area contributed by atoms with E-state index < -0.39 is 0 Å². The van der Waals surface area contributed by atoms with Gasteiger partial charge in [0.1, 0.15) is 0 Å². The first-order valence-electron chi connectivity index (χ1n) is 6.05. The van der Waals surface area contributed by atoms with Gasteiger partial charge in [-0.1, -0.05) is 32.6 Å². The monoisotopic (exact) mass is 195 g/mol. The predicted octanol–water partition coefficient (Wildman–Crippen LogP) is 2.63. The number of hydrogen-bond acceptors (Lipinski definition) is 1. The topological polar surface area (TPSA) is 29.1 Å². The maximum Gasteiger partial charge on any atom is 0.222 e. The van der Waals surface area contributed by atoms with Crippen molar-refractivity contribution < 1.29 is 4.79 Å². The molecule has 1 saturated heterocycles. The fraction of sp³-hybridized carbons (Fsp3) is 0.917. The second-order valence-electron chi connectivity index (χ2n) is 5.09. The predicted molar refractivity (Wildman–Crippen MR) is 57.0 cm³/mol. The van der Waals surface area contributed by atoms with Crippen LogP contribution in [0.3, 0.4) is 0 Å². The van der Waals surface area contributed by atoms with Crippen molar-refractivity contribution in [3.8, 4) is 0 Å². The first-order chi connectivity index (χ1) is 6.74. The van der Waals surface area contributed by atoms with Crippen LogP contribution in [0.2, 0.25) is 0 Å². The van der Waals surface area contributed by atoms with E-state index in [9.17, 15) is 4.79 Å². The van der Waals surface area contributed by atoms with Crippen molar-refractivity contribution in [2.75, 3.05) is 0 Å². The summed E-state index contributed by atoms with van der Waals surface area (Å²) < 4.78 is 0. The first kappa shape index (κ1) is 10.0. The van der Waals surface area contributed by atoms with Crippen molar-refractivity contribution in [2.45, 2.75) is 63.8 Å². The van der Waals surface area contributed by atoms with Crippen LogP contribution in [0.15, 0.2) is 0 Å². The maximum atomic E-state index is 11.0. The molecule has 80 valence electrons. The molecule has 2 nitrogen and oxygen atoms in total. The molecule has 0 aromatic heterocycles. The summed E-state index contributed by atoms with van der Waals surface area (Å²) in [5.74, 6) is 1.19. The minimum absolute atomic E-state index is 0.236. The fourth-order valence-electron chi connectivity index (χ4n) is 3.06. The molecule has 2 atom stereocenters. The molecule has 1 saturated carbocycles. The molecule has 1 aliphatic carbocycles. The number of hydrogen-bond donors (Lipinski definition) is 1. The average molecular weight is 195 g/mol. The largest absolute Gasteiger partial charge is 0.350 e. The van der Waals surface area contributed by atoms with Crippen LogP contribution in [0.25, 0.3) is 0 Å². The van der Waals surface area contributed by atoms with Gasteiger partial charge in [-0.05, 0) is 25.2 Å². The van der Waals surface area contributed by atoms with Crippen molar-refractivity contribution in [1.82, 2.24) is 5.32 Å². The molecule has 0 aromatic rings. The van der Waals surface area contributed by atoms with E-state index in [1.54, 1.807) is 0 Å². The zero-order chi connectivity index (χ0) is 10.0. The Kier molecular flexibility index (Phi) is 2.80. The fourth-order valence-corrected chi connectivity index (χ4v) is 3.06. The van der Waals surface area contributed by atoms with Crippen LogP contribution in [-0.4, -0.2) is 11.4 Å². The summed E-state index contributed by atoms with van der Waals surface area (Å²) in [7, 11) is 0. The lowest BCUT2D eigenvalue weighted by molar-refractivity contribution is -0.133. The Morgan fingerprint density at radius 3 is 2.86 bits per heavy atom. The quantitative estimate of drug-likeness (QED) is 0.674. The molecule has 1 aliphatic heterocycles. The van der Waals surface area contributed by atoms with Gasteiger partial charge in [-0.3, -0.25) is 4.79 Å². The van der Waals surface area contributed by atoms with Gasteiger partial charge in [0, 0.05) is 12.0 Å². The molecular weight excluding hydrogens is 174 g/mol. The smallest absolute Gasteiger partial charge is 0.222 e. The Hall–Kier alpha value is -0.530. The molecule has 1 spiro atoms. The summed E-state index contributed by atoms with van der Waals surface area (Å²) in [5.41, 5.74) is 0.236. The number of carbonyl (C=O) groups excluding carboxylic acids is 1. The van der Waals surface area contributed by atoms with Gasteiger partial charge in [0.05, 0.1) is 0 Å². The van der Waals surface area contributed by atoms with E-state index in [-0.39, 0.29) is 11.4 Å². The van der Waals surface area contributed by atoms with Crippen LogP contribution in [0.4, 0.5) is 0 Å².